The van der Waals surface area contributed by atoms with Crippen LogP contribution in [0.25, 0.3) is 0 Å². The van der Waals surface area contributed by atoms with Gasteiger partial charge >= 0.3 is 0 Å². The van der Waals surface area contributed by atoms with Gasteiger partial charge in [-0.2, -0.15) is 0 Å². The zero-order valence-corrected chi connectivity index (χ0v) is 12.5. The topological polar surface area (TPSA) is 53.1 Å². The van der Waals surface area contributed by atoms with Crippen LogP contribution in [0.15, 0.2) is 22.7 Å². The molecule has 1 aliphatic rings. The van der Waals surface area contributed by atoms with Crippen LogP contribution in [0.5, 0.6) is 0 Å². The van der Waals surface area contributed by atoms with Crippen LogP contribution in [0.2, 0.25) is 0 Å². The normalized spacial score (nSPS) is 14.9. The Balaban J connectivity index is 2.38. The summed E-state index contributed by atoms with van der Waals surface area (Å²) in [6.45, 7) is 5.46. The molecule has 1 aromatic carbocycles. The number of amidine groups is 1. The molecule has 1 fully saturated rings. The summed E-state index contributed by atoms with van der Waals surface area (Å²) in [5.74, 6) is 0.747. The van der Waals surface area contributed by atoms with Gasteiger partial charge in [0.2, 0.25) is 0 Å². The molecular weight excluding hydrogens is 290 g/mol. The zero-order valence-electron chi connectivity index (χ0n) is 10.9. The zero-order chi connectivity index (χ0) is 13.3. The van der Waals surface area contributed by atoms with E-state index in [-0.39, 0.29) is 5.84 Å². The van der Waals surface area contributed by atoms with E-state index in [4.69, 9.17) is 11.1 Å². The van der Waals surface area contributed by atoms with Crippen molar-refractivity contribution in [1.29, 1.82) is 5.41 Å². The van der Waals surface area contributed by atoms with Gasteiger partial charge in [-0.05, 0) is 37.0 Å². The van der Waals surface area contributed by atoms with Gasteiger partial charge in [0.25, 0.3) is 0 Å². The first-order chi connectivity index (χ1) is 8.49. The molecule has 1 aliphatic carbocycles. The highest BCUT2D eigenvalue weighted by Gasteiger charge is 2.31. The van der Waals surface area contributed by atoms with Gasteiger partial charge in [-0.15, -0.1) is 0 Å². The fourth-order valence-electron chi connectivity index (χ4n) is 2.19. The Morgan fingerprint density at radius 3 is 2.67 bits per heavy atom. The van der Waals surface area contributed by atoms with E-state index in [1.165, 1.54) is 12.8 Å². The van der Waals surface area contributed by atoms with E-state index in [1.54, 1.807) is 0 Å². The first-order valence-electron chi connectivity index (χ1n) is 6.39. The molecule has 2 rings (SSSR count). The molecule has 18 heavy (non-hydrogen) atoms. The minimum atomic E-state index is 0.145. The predicted molar refractivity (Wildman–Crippen MR) is 80.4 cm³/mol. The minimum Gasteiger partial charge on any atom is -0.384 e. The largest absolute Gasteiger partial charge is 0.384 e. The van der Waals surface area contributed by atoms with Crippen molar-refractivity contribution in [2.75, 3.05) is 11.4 Å². The van der Waals surface area contributed by atoms with Crippen molar-refractivity contribution in [3.8, 4) is 0 Å². The lowest BCUT2D eigenvalue weighted by atomic mass is 10.1. The van der Waals surface area contributed by atoms with Crippen LogP contribution in [-0.4, -0.2) is 18.4 Å². The summed E-state index contributed by atoms with van der Waals surface area (Å²) in [4.78, 5) is 2.41. The third-order valence-corrected chi connectivity index (χ3v) is 3.60. The van der Waals surface area contributed by atoms with Gasteiger partial charge in [0, 0.05) is 28.3 Å². The lowest BCUT2D eigenvalue weighted by Gasteiger charge is -2.28. The molecule has 0 amide bonds. The lowest BCUT2D eigenvalue weighted by Crippen LogP contribution is -2.32. The molecule has 0 saturated heterocycles. The third kappa shape index (κ3) is 3.05. The highest BCUT2D eigenvalue weighted by Crippen LogP contribution is 2.35. The molecule has 1 saturated carbocycles. The summed E-state index contributed by atoms with van der Waals surface area (Å²) in [7, 11) is 0. The maximum absolute atomic E-state index is 7.72. The Hall–Kier alpha value is -1.03. The van der Waals surface area contributed by atoms with E-state index < -0.39 is 0 Å². The molecule has 0 spiro atoms. The maximum atomic E-state index is 7.72. The molecule has 0 heterocycles. The van der Waals surface area contributed by atoms with Crippen LogP contribution in [0.1, 0.15) is 32.3 Å². The van der Waals surface area contributed by atoms with Gasteiger partial charge in [-0.25, -0.2) is 0 Å². The van der Waals surface area contributed by atoms with Gasteiger partial charge in [0.15, 0.2) is 0 Å². The second kappa shape index (κ2) is 5.31. The Morgan fingerprint density at radius 2 is 2.17 bits per heavy atom. The van der Waals surface area contributed by atoms with Crippen LogP contribution in [-0.2, 0) is 0 Å². The molecular formula is C14H20BrN3. The number of hydrogen-bond donors (Lipinski definition) is 2. The molecule has 0 aromatic heterocycles. The van der Waals surface area contributed by atoms with E-state index in [0.717, 1.165) is 22.3 Å². The van der Waals surface area contributed by atoms with Crippen molar-refractivity contribution < 1.29 is 0 Å². The van der Waals surface area contributed by atoms with Crippen LogP contribution in [0.4, 0.5) is 5.69 Å². The number of hydrogen-bond acceptors (Lipinski definition) is 2. The van der Waals surface area contributed by atoms with E-state index in [0.29, 0.717) is 12.0 Å². The Labute approximate surface area is 117 Å². The third-order valence-electron chi connectivity index (χ3n) is 3.11. The Bertz CT molecular complexity index is 452. The van der Waals surface area contributed by atoms with Gasteiger partial charge in [0.1, 0.15) is 5.84 Å². The second-order valence-electron chi connectivity index (χ2n) is 5.35. The summed E-state index contributed by atoms with van der Waals surface area (Å²) >= 11 is 3.51. The number of rotatable bonds is 5. The molecule has 4 heteroatoms. The van der Waals surface area contributed by atoms with Crippen molar-refractivity contribution in [3.63, 3.8) is 0 Å². The van der Waals surface area contributed by atoms with Crippen molar-refractivity contribution >= 4 is 27.5 Å². The number of nitrogens with two attached hydrogens (primary N) is 1. The van der Waals surface area contributed by atoms with Crippen LogP contribution < -0.4 is 10.6 Å². The van der Waals surface area contributed by atoms with Gasteiger partial charge in [-0.3, -0.25) is 5.41 Å². The fraction of sp³-hybridized carbons (Fsp3) is 0.500. The Morgan fingerprint density at radius 1 is 1.50 bits per heavy atom. The van der Waals surface area contributed by atoms with E-state index in [2.05, 4.69) is 40.7 Å². The number of nitrogen functional groups attached to an aromatic ring is 1. The molecule has 3 N–H and O–H groups in total. The summed E-state index contributed by atoms with van der Waals surface area (Å²) < 4.78 is 1.04. The van der Waals surface area contributed by atoms with Gasteiger partial charge in [0.05, 0.1) is 0 Å². The van der Waals surface area contributed by atoms with Crippen molar-refractivity contribution in [2.45, 2.75) is 32.7 Å². The first kappa shape index (κ1) is 13.4. The summed E-state index contributed by atoms with van der Waals surface area (Å²) in [5, 5.41) is 7.72. The summed E-state index contributed by atoms with van der Waals surface area (Å²) in [6, 6.07) is 6.58. The van der Waals surface area contributed by atoms with Crippen LogP contribution in [0, 0.1) is 11.3 Å². The fourth-order valence-corrected chi connectivity index (χ4v) is 2.54. The van der Waals surface area contributed by atoms with Gasteiger partial charge in [-0.1, -0.05) is 29.8 Å². The number of nitrogens with one attached hydrogen (secondary N) is 1. The number of nitrogens with zero attached hydrogens (tertiary/aromatic N) is 1. The van der Waals surface area contributed by atoms with Crippen LogP contribution >= 0.6 is 15.9 Å². The molecule has 1 aromatic rings. The molecule has 3 nitrogen and oxygen atoms in total. The van der Waals surface area contributed by atoms with E-state index >= 15 is 0 Å². The van der Waals surface area contributed by atoms with E-state index in [9.17, 15) is 0 Å². The van der Waals surface area contributed by atoms with Crippen molar-refractivity contribution in [3.05, 3.63) is 28.2 Å². The molecule has 98 valence electrons. The van der Waals surface area contributed by atoms with Crippen molar-refractivity contribution in [1.82, 2.24) is 0 Å². The SMILES string of the molecule is CC(C)CN(c1cc(Br)ccc1C(=N)N)C1CC1. The van der Waals surface area contributed by atoms with Gasteiger partial charge < -0.3 is 10.6 Å². The summed E-state index contributed by atoms with van der Waals surface area (Å²) in [5.41, 5.74) is 7.62. The molecule has 0 unspecified atom stereocenters. The standard InChI is InChI=1S/C14H20BrN3/c1-9(2)8-18(11-4-5-11)13-7-10(15)3-6-12(13)14(16)17/h3,6-7,9,11H,4-5,8H2,1-2H3,(H3,16,17). The predicted octanol–water partition coefficient (Wildman–Crippen LogP) is 3.36. The smallest absolute Gasteiger partial charge is 0.124 e. The average Bonchev–Trinajstić information content (AvgIpc) is 3.08. The summed E-state index contributed by atoms with van der Waals surface area (Å²) in [6.07, 6.45) is 2.49. The quantitative estimate of drug-likeness (QED) is 0.647. The molecule has 0 aliphatic heterocycles. The van der Waals surface area contributed by atoms with E-state index in [1.807, 2.05) is 12.1 Å². The Kier molecular flexibility index (Phi) is 3.95. The second-order valence-corrected chi connectivity index (χ2v) is 6.27. The number of anilines is 1. The number of halogens is 1. The van der Waals surface area contributed by atoms with Crippen molar-refractivity contribution in [2.24, 2.45) is 11.7 Å². The maximum Gasteiger partial charge on any atom is 0.124 e. The monoisotopic (exact) mass is 309 g/mol. The average molecular weight is 310 g/mol. The molecule has 0 radical (unpaired) electrons. The highest BCUT2D eigenvalue weighted by molar-refractivity contribution is 9.10. The number of benzene rings is 1. The molecule has 0 atom stereocenters. The first-order valence-corrected chi connectivity index (χ1v) is 7.19. The minimum absolute atomic E-state index is 0.145. The molecule has 0 bridgehead atoms. The van der Waals surface area contributed by atoms with Crippen LogP contribution in [0.3, 0.4) is 0 Å². The lowest BCUT2D eigenvalue weighted by molar-refractivity contribution is 0.607. The highest BCUT2D eigenvalue weighted by atomic mass is 79.9.